The molecule has 0 radical (unpaired) electrons. The van der Waals surface area contributed by atoms with Gasteiger partial charge in [0, 0.05) is 28.9 Å². The summed E-state index contributed by atoms with van der Waals surface area (Å²) in [5.41, 5.74) is 2.04. The van der Waals surface area contributed by atoms with Crippen LogP contribution < -0.4 is 0 Å². The topological polar surface area (TPSA) is 40.6 Å². The van der Waals surface area contributed by atoms with Gasteiger partial charge in [0.25, 0.3) is 0 Å². The highest BCUT2D eigenvalue weighted by atomic mass is 32.1. The Morgan fingerprint density at radius 3 is 2.21 bits per heavy atom. The molecule has 1 atom stereocenters. The van der Waals surface area contributed by atoms with Gasteiger partial charge in [-0.05, 0) is 42.2 Å². The molecule has 0 aliphatic heterocycles. The molecule has 34 heavy (non-hydrogen) atoms. The summed E-state index contributed by atoms with van der Waals surface area (Å²) in [6, 6.07) is 23.9. The Morgan fingerprint density at radius 1 is 0.912 bits per heavy atom. The van der Waals surface area contributed by atoms with Gasteiger partial charge < -0.3 is 9.80 Å². The van der Waals surface area contributed by atoms with Crippen LogP contribution in [0.1, 0.15) is 41.1 Å². The molecule has 1 heterocycles. The second-order valence-electron chi connectivity index (χ2n) is 8.72. The minimum Gasteiger partial charge on any atom is -0.332 e. The summed E-state index contributed by atoms with van der Waals surface area (Å²) >= 11 is 1.70. The Labute approximate surface area is 207 Å². The third kappa shape index (κ3) is 7.99. The maximum Gasteiger partial charge on any atom is 0.247 e. The van der Waals surface area contributed by atoms with Gasteiger partial charge in [0.15, 0.2) is 0 Å². The minimum absolute atomic E-state index is 0.0420. The molecule has 3 aromatic rings. The fourth-order valence-electron chi connectivity index (χ4n) is 3.63. The SMILES string of the molecule is CC[C@H](C)CN(CC(=O)N(Cc1ccccc1)Cc1ccc(C)s1)C(=O)/C=C/c1ccccc1. The van der Waals surface area contributed by atoms with E-state index in [1.165, 1.54) is 4.88 Å². The van der Waals surface area contributed by atoms with Gasteiger partial charge in [-0.3, -0.25) is 9.59 Å². The first-order valence-corrected chi connectivity index (χ1v) is 12.6. The fourth-order valence-corrected chi connectivity index (χ4v) is 4.54. The number of aryl methyl sites for hydroxylation is 1. The molecule has 4 nitrogen and oxygen atoms in total. The van der Waals surface area contributed by atoms with E-state index >= 15 is 0 Å². The molecule has 178 valence electrons. The Hall–Kier alpha value is -3.18. The molecular weight excluding hydrogens is 440 g/mol. The van der Waals surface area contributed by atoms with E-state index in [4.69, 9.17) is 0 Å². The predicted octanol–water partition coefficient (Wildman–Crippen LogP) is 6.17. The number of benzene rings is 2. The van der Waals surface area contributed by atoms with E-state index in [-0.39, 0.29) is 18.4 Å². The lowest BCUT2D eigenvalue weighted by molar-refractivity contribution is -0.139. The van der Waals surface area contributed by atoms with Crippen molar-refractivity contribution in [2.45, 2.75) is 40.3 Å². The summed E-state index contributed by atoms with van der Waals surface area (Å²) in [4.78, 5) is 32.6. The van der Waals surface area contributed by atoms with Crippen molar-refractivity contribution in [1.82, 2.24) is 9.80 Å². The maximum atomic E-state index is 13.5. The maximum absolute atomic E-state index is 13.5. The lowest BCUT2D eigenvalue weighted by atomic mass is 10.1. The monoisotopic (exact) mass is 474 g/mol. The first-order chi connectivity index (χ1) is 16.4. The molecule has 5 heteroatoms. The van der Waals surface area contributed by atoms with Crippen molar-refractivity contribution in [3.63, 3.8) is 0 Å². The third-order valence-corrected chi connectivity index (χ3v) is 6.78. The number of hydrogen-bond donors (Lipinski definition) is 0. The van der Waals surface area contributed by atoms with E-state index in [1.807, 2.05) is 71.6 Å². The van der Waals surface area contributed by atoms with Gasteiger partial charge in [-0.25, -0.2) is 0 Å². The molecule has 0 saturated carbocycles. The molecule has 0 bridgehead atoms. The zero-order valence-electron chi connectivity index (χ0n) is 20.3. The largest absolute Gasteiger partial charge is 0.332 e. The fraction of sp³-hybridized carbons (Fsp3) is 0.310. The number of amides is 2. The van der Waals surface area contributed by atoms with E-state index in [0.29, 0.717) is 25.6 Å². The van der Waals surface area contributed by atoms with Gasteiger partial charge in [0.2, 0.25) is 11.8 Å². The minimum atomic E-state index is -0.135. The summed E-state index contributed by atoms with van der Waals surface area (Å²) < 4.78 is 0. The van der Waals surface area contributed by atoms with Crippen LogP contribution in [0.5, 0.6) is 0 Å². The normalized spacial score (nSPS) is 12.0. The van der Waals surface area contributed by atoms with Crippen LogP contribution in [-0.4, -0.2) is 34.7 Å². The second kappa shape index (κ2) is 12.9. The molecule has 1 aromatic heterocycles. The van der Waals surface area contributed by atoms with Gasteiger partial charge in [-0.2, -0.15) is 0 Å². The van der Waals surface area contributed by atoms with Crippen molar-refractivity contribution in [3.05, 3.63) is 99.8 Å². The van der Waals surface area contributed by atoms with Crippen LogP contribution in [0.3, 0.4) is 0 Å². The average Bonchev–Trinajstić information content (AvgIpc) is 3.27. The Bertz CT molecular complexity index is 1080. The van der Waals surface area contributed by atoms with E-state index in [0.717, 1.165) is 22.4 Å². The van der Waals surface area contributed by atoms with Crippen molar-refractivity contribution in [2.24, 2.45) is 5.92 Å². The molecular formula is C29H34N2O2S. The Morgan fingerprint density at radius 2 is 1.59 bits per heavy atom. The summed E-state index contributed by atoms with van der Waals surface area (Å²) in [5.74, 6) is 0.133. The second-order valence-corrected chi connectivity index (χ2v) is 10.1. The van der Waals surface area contributed by atoms with E-state index in [9.17, 15) is 9.59 Å². The van der Waals surface area contributed by atoms with Gasteiger partial charge in [0.05, 0.1) is 6.54 Å². The van der Waals surface area contributed by atoms with Crippen LogP contribution in [0.15, 0.2) is 78.9 Å². The summed E-state index contributed by atoms with van der Waals surface area (Å²) in [5, 5.41) is 0. The first kappa shape index (κ1) is 25.4. The Kier molecular flexibility index (Phi) is 9.65. The van der Waals surface area contributed by atoms with E-state index < -0.39 is 0 Å². The average molecular weight is 475 g/mol. The van der Waals surface area contributed by atoms with Crippen molar-refractivity contribution in [1.29, 1.82) is 0 Å². The van der Waals surface area contributed by atoms with Gasteiger partial charge in [-0.1, -0.05) is 80.9 Å². The molecule has 0 fully saturated rings. The van der Waals surface area contributed by atoms with Crippen LogP contribution in [0.25, 0.3) is 6.08 Å². The molecule has 2 amide bonds. The summed E-state index contributed by atoms with van der Waals surface area (Å²) in [6.45, 7) is 7.97. The molecule has 0 aliphatic carbocycles. The lowest BCUT2D eigenvalue weighted by Gasteiger charge is -2.28. The highest BCUT2D eigenvalue weighted by Crippen LogP contribution is 2.19. The van der Waals surface area contributed by atoms with Crippen LogP contribution in [0, 0.1) is 12.8 Å². The molecule has 0 N–H and O–H groups in total. The quantitative estimate of drug-likeness (QED) is 0.312. The number of nitrogens with zero attached hydrogens (tertiary/aromatic N) is 2. The zero-order valence-corrected chi connectivity index (χ0v) is 21.1. The number of rotatable bonds is 11. The van der Waals surface area contributed by atoms with Crippen molar-refractivity contribution in [3.8, 4) is 0 Å². The van der Waals surface area contributed by atoms with E-state index in [2.05, 4.69) is 32.9 Å². The molecule has 0 unspecified atom stereocenters. The van der Waals surface area contributed by atoms with Crippen molar-refractivity contribution < 1.29 is 9.59 Å². The molecule has 0 spiro atoms. The first-order valence-electron chi connectivity index (χ1n) is 11.8. The molecule has 2 aromatic carbocycles. The number of carbonyl (C=O) groups is 2. The van der Waals surface area contributed by atoms with Gasteiger partial charge >= 0.3 is 0 Å². The number of carbonyl (C=O) groups excluding carboxylic acids is 2. The number of thiophene rings is 1. The standard InChI is InChI=1S/C29H34N2O2S/c1-4-23(2)19-30(28(32)18-16-25-11-7-5-8-12-25)22-29(33)31(20-26-13-9-6-10-14-26)21-27-17-15-24(3)34-27/h5-18,23H,4,19-22H2,1-3H3/b18-16+/t23-/m0/s1. The molecule has 0 saturated heterocycles. The summed E-state index contributed by atoms with van der Waals surface area (Å²) in [7, 11) is 0. The predicted molar refractivity (Wildman–Crippen MR) is 141 cm³/mol. The smallest absolute Gasteiger partial charge is 0.247 e. The lowest BCUT2D eigenvalue weighted by Crippen LogP contribution is -2.43. The van der Waals surface area contributed by atoms with Crippen LogP contribution >= 0.6 is 11.3 Å². The van der Waals surface area contributed by atoms with Crippen molar-refractivity contribution in [2.75, 3.05) is 13.1 Å². The van der Waals surface area contributed by atoms with Crippen molar-refractivity contribution >= 4 is 29.2 Å². The molecule has 0 aliphatic rings. The summed E-state index contributed by atoms with van der Waals surface area (Å²) in [6.07, 6.45) is 4.34. The van der Waals surface area contributed by atoms with Gasteiger partial charge in [0.1, 0.15) is 6.54 Å². The highest BCUT2D eigenvalue weighted by molar-refractivity contribution is 7.11. The van der Waals surface area contributed by atoms with E-state index in [1.54, 1.807) is 22.3 Å². The zero-order chi connectivity index (χ0) is 24.3. The third-order valence-electron chi connectivity index (χ3n) is 5.80. The number of hydrogen-bond acceptors (Lipinski definition) is 3. The van der Waals surface area contributed by atoms with Gasteiger partial charge in [-0.15, -0.1) is 11.3 Å². The van der Waals surface area contributed by atoms with Crippen LogP contribution in [-0.2, 0) is 22.7 Å². The van der Waals surface area contributed by atoms with Crippen LogP contribution in [0.4, 0.5) is 0 Å². The van der Waals surface area contributed by atoms with Crippen LogP contribution in [0.2, 0.25) is 0 Å². The molecule has 3 rings (SSSR count). The Balaban J connectivity index is 1.77. The highest BCUT2D eigenvalue weighted by Gasteiger charge is 2.22.